The Morgan fingerprint density at radius 3 is 2.53 bits per heavy atom. The summed E-state index contributed by atoms with van der Waals surface area (Å²) in [7, 11) is -2.42. The van der Waals surface area contributed by atoms with Crippen molar-refractivity contribution in [3.05, 3.63) is 24.3 Å². The Morgan fingerprint density at radius 1 is 1.27 bits per heavy atom. The van der Waals surface area contributed by atoms with Gasteiger partial charge in [-0.1, -0.05) is 6.07 Å². The molecule has 0 bridgehead atoms. The maximum atomic E-state index is 12.9. The van der Waals surface area contributed by atoms with Crippen LogP contribution in [0.25, 0.3) is 0 Å². The number of alkyl halides is 3. The van der Waals surface area contributed by atoms with Crippen LogP contribution in [-0.4, -0.2) is 62.4 Å². The number of benzene rings is 1. The molecule has 1 aromatic carbocycles. The lowest BCUT2D eigenvalue weighted by Gasteiger charge is -2.34. The first-order chi connectivity index (χ1) is 13.7. The predicted molar refractivity (Wildman–Crippen MR) is 103 cm³/mol. The van der Waals surface area contributed by atoms with E-state index in [1.54, 1.807) is 27.8 Å². The number of piperidine rings is 1. The number of amides is 1. The molecule has 0 aliphatic carbocycles. The maximum Gasteiger partial charge on any atom is 0.573 e. The molecule has 1 aromatic rings. The molecule has 1 fully saturated rings. The van der Waals surface area contributed by atoms with Crippen LogP contribution >= 0.6 is 0 Å². The number of nitrogens with zero attached hydrogens (tertiary/aromatic N) is 2. The minimum absolute atomic E-state index is 0.124. The third kappa shape index (κ3) is 7.05. The van der Waals surface area contributed by atoms with E-state index in [9.17, 15) is 26.4 Å². The van der Waals surface area contributed by atoms with E-state index in [-0.39, 0.29) is 23.9 Å². The van der Waals surface area contributed by atoms with Gasteiger partial charge in [0.05, 0.1) is 4.90 Å². The fourth-order valence-corrected chi connectivity index (χ4v) is 4.77. The molecular weight excluding hydrogens is 425 g/mol. The van der Waals surface area contributed by atoms with Crippen molar-refractivity contribution in [3.8, 4) is 5.75 Å². The van der Waals surface area contributed by atoms with Crippen molar-refractivity contribution in [3.63, 3.8) is 0 Å². The second-order valence-corrected chi connectivity index (χ2v) is 10.2. The smallest absolute Gasteiger partial charge is 0.444 e. The van der Waals surface area contributed by atoms with E-state index in [2.05, 4.69) is 4.74 Å². The zero-order valence-corrected chi connectivity index (χ0v) is 18.2. The molecule has 1 aliphatic rings. The summed E-state index contributed by atoms with van der Waals surface area (Å²) < 4.78 is 73.6. The van der Waals surface area contributed by atoms with Crippen molar-refractivity contribution < 1.29 is 35.9 Å². The highest BCUT2D eigenvalue weighted by Gasteiger charge is 2.34. The van der Waals surface area contributed by atoms with E-state index in [0.717, 1.165) is 18.6 Å². The van der Waals surface area contributed by atoms with Gasteiger partial charge in [-0.25, -0.2) is 13.2 Å². The Morgan fingerprint density at radius 2 is 1.93 bits per heavy atom. The lowest BCUT2D eigenvalue weighted by molar-refractivity contribution is -0.274. The number of halogens is 3. The Bertz CT molecular complexity index is 852. The van der Waals surface area contributed by atoms with Crippen LogP contribution in [0.4, 0.5) is 18.0 Å². The summed E-state index contributed by atoms with van der Waals surface area (Å²) in [5.74, 6) is -0.720. The Hall–Kier alpha value is -2.01. The topological polar surface area (TPSA) is 76.2 Å². The summed E-state index contributed by atoms with van der Waals surface area (Å²) >= 11 is 0. The highest BCUT2D eigenvalue weighted by atomic mass is 32.2. The fraction of sp³-hybridized carbons (Fsp3) is 0.632. The molecule has 1 heterocycles. The van der Waals surface area contributed by atoms with E-state index in [0.29, 0.717) is 13.0 Å². The average Bonchev–Trinajstić information content (AvgIpc) is 2.59. The first-order valence-electron chi connectivity index (χ1n) is 9.47. The predicted octanol–water partition coefficient (Wildman–Crippen LogP) is 3.85. The molecular formula is C19H27F3N2O5S. The molecule has 1 unspecified atom stereocenters. The molecule has 170 valence electrons. The second-order valence-electron chi connectivity index (χ2n) is 8.25. The molecule has 1 aliphatic heterocycles. The van der Waals surface area contributed by atoms with Gasteiger partial charge in [0.25, 0.3) is 0 Å². The molecule has 30 heavy (non-hydrogen) atoms. The molecule has 0 N–H and O–H groups in total. The molecule has 0 spiro atoms. The quantitative estimate of drug-likeness (QED) is 0.678. The summed E-state index contributed by atoms with van der Waals surface area (Å²) in [5, 5.41) is 0. The number of ether oxygens (including phenoxy) is 2. The van der Waals surface area contributed by atoms with Crippen LogP contribution in [0.5, 0.6) is 5.75 Å². The summed E-state index contributed by atoms with van der Waals surface area (Å²) in [4.78, 5) is 13.3. The number of carbonyl (C=O) groups excluding carboxylic acids is 1. The first-order valence-corrected chi connectivity index (χ1v) is 10.9. The van der Waals surface area contributed by atoms with Crippen LogP contribution in [0.3, 0.4) is 0 Å². The van der Waals surface area contributed by atoms with Gasteiger partial charge in [-0.2, -0.15) is 4.31 Å². The third-order valence-corrected chi connectivity index (χ3v) is 6.26. The molecule has 0 aromatic heterocycles. The highest BCUT2D eigenvalue weighted by Crippen LogP contribution is 2.29. The van der Waals surface area contributed by atoms with Crippen LogP contribution in [0.2, 0.25) is 0 Å². The van der Waals surface area contributed by atoms with Crippen molar-refractivity contribution in [2.24, 2.45) is 5.92 Å². The summed E-state index contributed by atoms with van der Waals surface area (Å²) in [6.07, 6.45) is -4.12. The molecule has 0 radical (unpaired) electrons. The van der Waals surface area contributed by atoms with Gasteiger partial charge < -0.3 is 14.4 Å². The van der Waals surface area contributed by atoms with Crippen molar-refractivity contribution in [1.29, 1.82) is 0 Å². The first kappa shape index (κ1) is 24.3. The molecule has 7 nitrogen and oxygen atoms in total. The van der Waals surface area contributed by atoms with Gasteiger partial charge in [-0.05, 0) is 51.7 Å². The number of carbonyl (C=O) groups is 1. The van der Waals surface area contributed by atoms with Crippen LogP contribution in [-0.2, 0) is 14.8 Å². The van der Waals surface area contributed by atoms with E-state index in [1.807, 2.05) is 0 Å². The van der Waals surface area contributed by atoms with Gasteiger partial charge in [0.2, 0.25) is 10.0 Å². The van der Waals surface area contributed by atoms with E-state index >= 15 is 0 Å². The third-order valence-electron chi connectivity index (χ3n) is 4.40. The molecule has 1 atom stereocenters. The van der Waals surface area contributed by atoms with Crippen molar-refractivity contribution in [1.82, 2.24) is 9.21 Å². The van der Waals surface area contributed by atoms with Crippen LogP contribution in [0.1, 0.15) is 33.6 Å². The minimum Gasteiger partial charge on any atom is -0.444 e. The zero-order chi connectivity index (χ0) is 22.7. The van der Waals surface area contributed by atoms with Gasteiger partial charge in [-0.15, -0.1) is 13.2 Å². The number of hydrogen-bond acceptors (Lipinski definition) is 5. The van der Waals surface area contributed by atoms with E-state index in [1.165, 1.54) is 21.3 Å². The number of hydrogen-bond donors (Lipinski definition) is 0. The van der Waals surface area contributed by atoms with Crippen molar-refractivity contribution >= 4 is 16.1 Å². The fourth-order valence-electron chi connectivity index (χ4n) is 3.18. The lowest BCUT2D eigenvalue weighted by Crippen LogP contribution is -2.44. The largest absolute Gasteiger partial charge is 0.573 e. The molecule has 1 amide bonds. The second kappa shape index (κ2) is 9.01. The molecule has 2 rings (SSSR count). The monoisotopic (exact) mass is 452 g/mol. The SMILES string of the molecule is CN(CC1CCCN(S(=O)(=O)c2cccc(OC(F)(F)F)c2)C1)C(=O)OC(C)(C)C. The van der Waals surface area contributed by atoms with Gasteiger partial charge in [0.1, 0.15) is 11.4 Å². The Kier molecular flexibility index (Phi) is 7.28. The van der Waals surface area contributed by atoms with Crippen LogP contribution in [0, 0.1) is 5.92 Å². The van der Waals surface area contributed by atoms with Crippen molar-refractivity contribution in [2.75, 3.05) is 26.7 Å². The Balaban J connectivity index is 2.09. The van der Waals surface area contributed by atoms with Gasteiger partial charge >= 0.3 is 12.5 Å². The lowest BCUT2D eigenvalue weighted by atomic mass is 9.99. The van der Waals surface area contributed by atoms with Gasteiger partial charge in [0.15, 0.2) is 0 Å². The maximum absolute atomic E-state index is 12.9. The van der Waals surface area contributed by atoms with Crippen molar-refractivity contribution in [2.45, 2.75) is 50.5 Å². The molecule has 11 heteroatoms. The average molecular weight is 452 g/mol. The van der Waals surface area contributed by atoms with E-state index in [4.69, 9.17) is 4.74 Å². The van der Waals surface area contributed by atoms with Gasteiger partial charge in [0, 0.05) is 32.7 Å². The minimum atomic E-state index is -4.91. The number of rotatable bonds is 5. The summed E-state index contributed by atoms with van der Waals surface area (Å²) in [6.45, 7) is 5.97. The zero-order valence-electron chi connectivity index (χ0n) is 17.4. The normalized spacial score (nSPS) is 18.7. The van der Waals surface area contributed by atoms with E-state index < -0.39 is 33.8 Å². The van der Waals surface area contributed by atoms with Crippen LogP contribution in [0.15, 0.2) is 29.2 Å². The summed E-state index contributed by atoms with van der Waals surface area (Å²) in [6, 6.07) is 4.33. The highest BCUT2D eigenvalue weighted by molar-refractivity contribution is 7.89. The molecule has 1 saturated heterocycles. The molecule has 0 saturated carbocycles. The number of sulfonamides is 1. The van der Waals surface area contributed by atoms with Gasteiger partial charge in [-0.3, -0.25) is 0 Å². The standard InChI is InChI=1S/C19H27F3N2O5S/c1-18(2,3)29-17(25)23(4)12-14-7-6-10-24(13-14)30(26,27)16-9-5-8-15(11-16)28-19(20,21)22/h5,8-9,11,14H,6-7,10,12-13H2,1-4H3. The Labute approximate surface area is 174 Å². The van der Waals surface area contributed by atoms with Crippen LogP contribution < -0.4 is 4.74 Å². The summed E-state index contributed by atoms with van der Waals surface area (Å²) in [5.41, 5.74) is -0.642.